The van der Waals surface area contributed by atoms with Crippen molar-refractivity contribution in [2.75, 3.05) is 26.2 Å². The second-order valence-electron chi connectivity index (χ2n) is 15.4. The van der Waals surface area contributed by atoms with Crippen LogP contribution in [0.3, 0.4) is 0 Å². The fourth-order valence-electron chi connectivity index (χ4n) is 8.24. The minimum Gasteiger partial charge on any atom is -0.324 e. The molecule has 10 heteroatoms. The Morgan fingerprint density at radius 3 is 0.845 bits per heavy atom. The Balaban J connectivity index is 0.000000245. The fraction of sp³-hybridized carbons (Fsp3) is 0.333. The molecule has 58 heavy (non-hydrogen) atoms. The summed E-state index contributed by atoms with van der Waals surface area (Å²) in [5.74, 6) is 2.39. The number of nitrogens with zero attached hydrogens (tertiary/aromatic N) is 7. The van der Waals surface area contributed by atoms with Gasteiger partial charge in [-0.15, -0.1) is 0 Å². The molecule has 0 aliphatic carbocycles. The van der Waals surface area contributed by atoms with Gasteiger partial charge in [0.25, 0.3) is 0 Å². The average Bonchev–Trinajstić information content (AvgIpc) is 3.99. The van der Waals surface area contributed by atoms with Crippen LogP contribution in [0.2, 0.25) is 0 Å². The maximum atomic E-state index is 5.02. The smallest absolute Gasteiger partial charge is 0.164 e. The number of hydrogen-bond donors (Lipinski definition) is 2. The zero-order valence-electron chi connectivity index (χ0n) is 33.9. The van der Waals surface area contributed by atoms with Gasteiger partial charge in [-0.2, -0.15) is 0 Å². The Hall–Kier alpha value is -5.20. The van der Waals surface area contributed by atoms with E-state index < -0.39 is 0 Å². The number of aromatic amines is 2. The number of nitrogens with one attached hydrogen (secondary N) is 2. The van der Waals surface area contributed by atoms with E-state index in [0.29, 0.717) is 45.9 Å². The van der Waals surface area contributed by atoms with Crippen molar-refractivity contribution in [3.63, 3.8) is 0 Å². The summed E-state index contributed by atoms with van der Waals surface area (Å²) in [4.78, 5) is 36.8. The minimum absolute atomic E-state index is 0. The van der Waals surface area contributed by atoms with Crippen molar-refractivity contribution in [2.24, 2.45) is 0 Å². The molecule has 3 aromatic heterocycles. The van der Waals surface area contributed by atoms with E-state index in [2.05, 4.69) is 37.7 Å². The standard InChI is InChI=1S/C32H18N8.C16H36N.Li.H/c1-2-10-18-17(9-1)25-33-26(18)38-28-21-13-5-6-14-22(21)30(35-28)40-32-24-16-8-7-15-23(24)31(36-32)39-29-20-12-4-3-11-19(20)27(34-29)37-25;1-5-9-13-17(14-10-6-2,15-11-7-3)16-12-8-4;;/h1-16H,(H2,33,34,35,36,37,38,39,40);5-16H2,1-4H3;;/q;+1;;. The van der Waals surface area contributed by atoms with Gasteiger partial charge >= 0.3 is 18.9 Å². The van der Waals surface area contributed by atoms with Crippen LogP contribution in [-0.4, -0.2) is 89.4 Å². The van der Waals surface area contributed by atoms with Gasteiger partial charge < -0.3 is 14.5 Å². The monoisotopic (exact) mass is 764 g/mol. The van der Waals surface area contributed by atoms with E-state index in [0.717, 1.165) is 43.8 Å². The second-order valence-corrected chi connectivity index (χ2v) is 15.4. The fourth-order valence-corrected chi connectivity index (χ4v) is 8.24. The molecule has 9 rings (SSSR count). The molecule has 7 aromatic rings. The predicted octanol–water partition coefficient (Wildman–Crippen LogP) is 11.2. The SMILES string of the molecule is CCCC[N+](CCCC)(CCCC)CCCC.[LiH].c1ccc2c(c1)-c1nc-2nc2[nH]c(nc3nc(nc4[nH]c(n1)c1ccccc41)-c1ccccc1-3)c1ccccc21. The van der Waals surface area contributed by atoms with Gasteiger partial charge in [-0.05, 0) is 25.7 Å². The molecule has 8 bridgehead atoms. The number of aromatic nitrogens is 8. The van der Waals surface area contributed by atoms with E-state index >= 15 is 0 Å². The molecule has 9 nitrogen and oxygen atoms in total. The van der Waals surface area contributed by atoms with Gasteiger partial charge in [0.1, 0.15) is 22.6 Å². The number of hydrogen-bond acceptors (Lipinski definition) is 6. The summed E-state index contributed by atoms with van der Waals surface area (Å²) in [6, 6.07) is 32.2. The van der Waals surface area contributed by atoms with E-state index in [-0.39, 0.29) is 18.9 Å². The first-order chi connectivity index (χ1) is 28.0. The van der Waals surface area contributed by atoms with Crippen molar-refractivity contribution in [1.82, 2.24) is 39.9 Å². The molecule has 5 heterocycles. The molecule has 0 radical (unpaired) electrons. The normalized spacial score (nSPS) is 11.8. The second kappa shape index (κ2) is 18.6. The summed E-state index contributed by atoms with van der Waals surface area (Å²) < 4.78 is 1.42. The van der Waals surface area contributed by atoms with Crippen molar-refractivity contribution in [3.05, 3.63) is 97.1 Å². The van der Waals surface area contributed by atoms with Crippen LogP contribution in [0.1, 0.15) is 79.1 Å². The topological polar surface area (TPSA) is 109 Å². The molecular weight excluding hydrogens is 710 g/mol. The Morgan fingerprint density at radius 2 is 0.603 bits per heavy atom. The molecule has 0 atom stereocenters. The van der Waals surface area contributed by atoms with Gasteiger partial charge in [-0.25, -0.2) is 29.9 Å². The Kier molecular flexibility index (Phi) is 13.1. The van der Waals surface area contributed by atoms with Crippen LogP contribution >= 0.6 is 0 Å². The summed E-state index contributed by atoms with van der Waals surface area (Å²) in [5.41, 5.74) is 6.45. The van der Waals surface area contributed by atoms with Crippen molar-refractivity contribution >= 4 is 63.0 Å². The van der Waals surface area contributed by atoms with Crippen LogP contribution in [0.5, 0.6) is 0 Å². The van der Waals surface area contributed by atoms with Crippen LogP contribution in [0.4, 0.5) is 0 Å². The van der Waals surface area contributed by atoms with E-state index in [1.807, 2.05) is 97.1 Å². The quantitative estimate of drug-likeness (QED) is 0.0947. The predicted molar refractivity (Wildman–Crippen MR) is 243 cm³/mol. The van der Waals surface area contributed by atoms with E-state index in [1.165, 1.54) is 82.0 Å². The van der Waals surface area contributed by atoms with Crippen LogP contribution in [-0.2, 0) is 0 Å². The molecule has 2 N–H and O–H groups in total. The summed E-state index contributed by atoms with van der Waals surface area (Å²) in [7, 11) is 0. The zero-order chi connectivity index (χ0) is 39.2. The first kappa shape index (κ1) is 41.0. The molecule has 0 fully saturated rings. The molecule has 0 unspecified atom stereocenters. The summed E-state index contributed by atoms with van der Waals surface area (Å²) in [6.07, 6.45) is 11.1. The summed E-state index contributed by atoms with van der Waals surface area (Å²) >= 11 is 0. The number of H-pyrrole nitrogens is 2. The van der Waals surface area contributed by atoms with E-state index in [9.17, 15) is 0 Å². The van der Waals surface area contributed by atoms with Gasteiger partial charge in [-0.1, -0.05) is 150 Å². The van der Waals surface area contributed by atoms with Crippen LogP contribution < -0.4 is 0 Å². The number of benzene rings is 4. The average molecular weight is 765 g/mol. The van der Waals surface area contributed by atoms with Crippen molar-refractivity contribution < 1.29 is 4.48 Å². The largest absolute Gasteiger partial charge is 0.324 e. The molecule has 2 aliphatic rings. The molecule has 292 valence electrons. The Bertz CT molecular complexity index is 2320. The zero-order valence-corrected chi connectivity index (χ0v) is 33.9. The van der Waals surface area contributed by atoms with Crippen LogP contribution in [0, 0.1) is 0 Å². The van der Waals surface area contributed by atoms with Gasteiger partial charge in [0.15, 0.2) is 23.3 Å². The summed E-state index contributed by atoms with van der Waals surface area (Å²) in [6.45, 7) is 15.0. The Morgan fingerprint density at radius 1 is 0.362 bits per heavy atom. The molecule has 4 aromatic carbocycles. The third kappa shape index (κ3) is 8.35. The number of quaternary nitrogens is 1. The number of fused-ring (bicyclic) bond motifs is 20. The van der Waals surface area contributed by atoms with Gasteiger partial charge in [0.2, 0.25) is 0 Å². The van der Waals surface area contributed by atoms with E-state index in [4.69, 9.17) is 29.9 Å². The maximum Gasteiger partial charge on any atom is 0.164 e. The first-order valence-electron chi connectivity index (χ1n) is 21.1. The summed E-state index contributed by atoms with van der Waals surface area (Å²) in [5, 5.41) is 3.82. The maximum absolute atomic E-state index is 5.02. The first-order valence-corrected chi connectivity index (χ1v) is 21.1. The third-order valence-corrected chi connectivity index (χ3v) is 11.4. The number of rotatable bonds is 12. The van der Waals surface area contributed by atoms with Gasteiger partial charge in [-0.3, -0.25) is 0 Å². The third-order valence-electron chi connectivity index (χ3n) is 11.4. The van der Waals surface area contributed by atoms with Crippen LogP contribution in [0.15, 0.2) is 97.1 Å². The molecular formula is C48H55LiN9+. The molecule has 0 saturated heterocycles. The van der Waals surface area contributed by atoms with Crippen molar-refractivity contribution in [1.29, 1.82) is 0 Å². The van der Waals surface area contributed by atoms with E-state index in [1.54, 1.807) is 0 Å². The molecule has 2 aliphatic heterocycles. The Labute approximate surface area is 353 Å². The van der Waals surface area contributed by atoms with Gasteiger partial charge in [0, 0.05) is 43.8 Å². The number of unbranched alkanes of at least 4 members (excludes halogenated alkanes) is 4. The molecule has 0 saturated carbocycles. The van der Waals surface area contributed by atoms with Crippen molar-refractivity contribution in [2.45, 2.75) is 79.1 Å². The van der Waals surface area contributed by atoms with Gasteiger partial charge in [0.05, 0.1) is 26.2 Å². The van der Waals surface area contributed by atoms with Crippen LogP contribution in [0.25, 0.3) is 89.7 Å². The minimum atomic E-state index is 0. The molecule has 0 amide bonds. The molecule has 0 spiro atoms. The van der Waals surface area contributed by atoms with Crippen molar-refractivity contribution in [3.8, 4) is 45.6 Å².